The Balaban J connectivity index is 1.38. The molecule has 2 aliphatic heterocycles. The highest BCUT2D eigenvalue weighted by atomic mass is 35.5. The highest BCUT2D eigenvalue weighted by Gasteiger charge is 2.38. The van der Waals surface area contributed by atoms with Gasteiger partial charge in [-0.05, 0) is 81.1 Å². The predicted octanol–water partition coefficient (Wildman–Crippen LogP) is 6.71. The number of aryl methyl sites for hydroxylation is 1. The molecule has 0 bridgehead atoms. The zero-order chi connectivity index (χ0) is 24.7. The number of fused-ring (bicyclic) bond motifs is 1. The van der Waals surface area contributed by atoms with E-state index < -0.39 is 11.9 Å². The summed E-state index contributed by atoms with van der Waals surface area (Å²) in [5, 5.41) is 0.258. The second-order valence-electron chi connectivity index (χ2n) is 9.54. The van der Waals surface area contributed by atoms with Crippen LogP contribution in [0.25, 0.3) is 11.1 Å². The molecular weight excluding hydrogens is 488 g/mol. The molecule has 2 aliphatic rings. The number of hydrogen-bond acceptors (Lipinski definition) is 5. The molecule has 35 heavy (non-hydrogen) atoms. The molecule has 2 aromatic carbocycles. The fraction of sp³-hybridized carbons (Fsp3) is 0.370. The first kappa shape index (κ1) is 24.2. The highest BCUT2D eigenvalue weighted by Crippen LogP contribution is 2.41. The van der Waals surface area contributed by atoms with Gasteiger partial charge in [-0.15, -0.1) is 0 Å². The average molecular weight is 516 g/mol. The van der Waals surface area contributed by atoms with E-state index in [1.807, 2.05) is 12.1 Å². The lowest BCUT2D eigenvalue weighted by Crippen LogP contribution is -2.48. The van der Waals surface area contributed by atoms with Gasteiger partial charge in [0.05, 0.1) is 5.02 Å². The zero-order valence-corrected chi connectivity index (χ0v) is 21.3. The molecule has 1 aromatic heterocycles. The van der Waals surface area contributed by atoms with E-state index in [2.05, 4.69) is 29.1 Å². The summed E-state index contributed by atoms with van der Waals surface area (Å²) in [6.45, 7) is 3.88. The quantitative estimate of drug-likeness (QED) is 0.391. The summed E-state index contributed by atoms with van der Waals surface area (Å²) in [5.74, 6) is 1.02. The van der Waals surface area contributed by atoms with Crippen LogP contribution in [0.1, 0.15) is 43.4 Å². The molecule has 0 aliphatic carbocycles. The smallest absolute Gasteiger partial charge is 0.166 e. The molecule has 3 aromatic rings. The van der Waals surface area contributed by atoms with E-state index in [-0.39, 0.29) is 16.4 Å². The van der Waals surface area contributed by atoms with Gasteiger partial charge in [0.15, 0.2) is 11.6 Å². The van der Waals surface area contributed by atoms with E-state index >= 15 is 0 Å². The standard InChI is InChI=1S/C27H28Cl2FN3O2/c1-16(24-20(28)4-5-21(30)25(24)29)34-23-14-19(15-32-26(23)31)17-3-6-22-18(13-17)7-8-27(35-22)9-11-33(2)12-10-27/h3-6,13-16H,7-12H2,1-2H3,(H2,31,32)/t16-/m1/s1. The fourth-order valence-electron chi connectivity index (χ4n) is 4.95. The first-order valence-corrected chi connectivity index (χ1v) is 12.6. The molecule has 5 nitrogen and oxygen atoms in total. The van der Waals surface area contributed by atoms with Gasteiger partial charge >= 0.3 is 0 Å². The first-order chi connectivity index (χ1) is 16.7. The molecule has 0 amide bonds. The summed E-state index contributed by atoms with van der Waals surface area (Å²) >= 11 is 12.4. The minimum atomic E-state index is -0.632. The monoisotopic (exact) mass is 515 g/mol. The van der Waals surface area contributed by atoms with E-state index in [0.717, 1.165) is 55.6 Å². The summed E-state index contributed by atoms with van der Waals surface area (Å²) in [7, 11) is 2.16. The lowest BCUT2D eigenvalue weighted by Gasteiger charge is -2.44. The minimum Gasteiger partial charge on any atom is -0.487 e. The summed E-state index contributed by atoms with van der Waals surface area (Å²) < 4.78 is 26.6. The number of ether oxygens (including phenoxy) is 2. The number of nitrogens with two attached hydrogens (primary N) is 1. The van der Waals surface area contributed by atoms with Gasteiger partial charge in [-0.1, -0.05) is 29.3 Å². The van der Waals surface area contributed by atoms with Crippen molar-refractivity contribution in [1.82, 2.24) is 9.88 Å². The molecule has 0 unspecified atom stereocenters. The molecule has 0 saturated carbocycles. The van der Waals surface area contributed by atoms with Crippen molar-refractivity contribution in [3.05, 3.63) is 69.6 Å². The number of piperidine rings is 1. The number of rotatable bonds is 4. The molecule has 2 N–H and O–H groups in total. The number of aromatic nitrogens is 1. The Kier molecular flexibility index (Phi) is 6.55. The second-order valence-corrected chi connectivity index (χ2v) is 10.3. The van der Waals surface area contributed by atoms with Crippen LogP contribution in [0, 0.1) is 5.82 Å². The number of anilines is 1. The zero-order valence-electron chi connectivity index (χ0n) is 19.8. The molecule has 1 saturated heterocycles. The van der Waals surface area contributed by atoms with E-state index in [1.165, 1.54) is 17.7 Å². The van der Waals surface area contributed by atoms with Crippen molar-refractivity contribution < 1.29 is 13.9 Å². The Morgan fingerprint density at radius 2 is 1.89 bits per heavy atom. The Morgan fingerprint density at radius 1 is 1.11 bits per heavy atom. The van der Waals surface area contributed by atoms with Crippen molar-refractivity contribution in [2.75, 3.05) is 25.9 Å². The van der Waals surface area contributed by atoms with Gasteiger partial charge in [0.1, 0.15) is 23.3 Å². The van der Waals surface area contributed by atoms with Gasteiger partial charge in [0.25, 0.3) is 0 Å². The van der Waals surface area contributed by atoms with Crippen LogP contribution in [0.2, 0.25) is 10.0 Å². The lowest BCUT2D eigenvalue weighted by atomic mass is 9.83. The van der Waals surface area contributed by atoms with Crippen LogP contribution in [0.5, 0.6) is 11.5 Å². The third-order valence-electron chi connectivity index (χ3n) is 7.14. The first-order valence-electron chi connectivity index (χ1n) is 11.8. The molecule has 8 heteroatoms. The lowest BCUT2D eigenvalue weighted by molar-refractivity contribution is -0.00874. The summed E-state index contributed by atoms with van der Waals surface area (Å²) in [4.78, 5) is 6.69. The number of pyridine rings is 1. The maximum Gasteiger partial charge on any atom is 0.166 e. The Morgan fingerprint density at radius 3 is 2.66 bits per heavy atom. The van der Waals surface area contributed by atoms with Crippen LogP contribution in [0.4, 0.5) is 10.2 Å². The molecule has 0 radical (unpaired) electrons. The van der Waals surface area contributed by atoms with E-state index in [1.54, 1.807) is 13.1 Å². The van der Waals surface area contributed by atoms with Crippen molar-refractivity contribution in [3.63, 3.8) is 0 Å². The van der Waals surface area contributed by atoms with Crippen molar-refractivity contribution in [2.45, 2.75) is 44.3 Å². The Labute approximate surface area is 215 Å². The van der Waals surface area contributed by atoms with Gasteiger partial charge in [-0.3, -0.25) is 0 Å². The molecule has 184 valence electrons. The second kappa shape index (κ2) is 9.49. The average Bonchev–Trinajstić information content (AvgIpc) is 2.85. The number of nitrogens with zero attached hydrogens (tertiary/aromatic N) is 2. The Bertz CT molecular complexity index is 1260. The van der Waals surface area contributed by atoms with Crippen LogP contribution in [-0.4, -0.2) is 35.6 Å². The third kappa shape index (κ3) is 4.80. The third-order valence-corrected chi connectivity index (χ3v) is 7.85. The molecule has 1 atom stereocenters. The van der Waals surface area contributed by atoms with Gasteiger partial charge in [0, 0.05) is 35.4 Å². The minimum absolute atomic E-state index is 0.0413. The van der Waals surface area contributed by atoms with Crippen molar-refractivity contribution >= 4 is 29.0 Å². The highest BCUT2D eigenvalue weighted by molar-refractivity contribution is 6.36. The maximum atomic E-state index is 14.0. The van der Waals surface area contributed by atoms with Crippen molar-refractivity contribution in [2.24, 2.45) is 0 Å². The van der Waals surface area contributed by atoms with E-state index in [9.17, 15) is 4.39 Å². The SMILES string of the molecule is C[C@@H](Oc1cc(-c2ccc3c(c2)CCC2(CCN(C)CC2)O3)cnc1N)c1c(Cl)ccc(F)c1Cl. The van der Waals surface area contributed by atoms with Crippen LogP contribution in [0.3, 0.4) is 0 Å². The van der Waals surface area contributed by atoms with Crippen LogP contribution in [0.15, 0.2) is 42.6 Å². The molecule has 5 rings (SSSR count). The maximum absolute atomic E-state index is 14.0. The molecule has 1 fully saturated rings. The number of halogens is 3. The number of hydrogen-bond donors (Lipinski definition) is 1. The van der Waals surface area contributed by atoms with Gasteiger partial charge in [0.2, 0.25) is 0 Å². The van der Waals surface area contributed by atoms with E-state index in [4.69, 9.17) is 38.4 Å². The van der Waals surface area contributed by atoms with Crippen molar-refractivity contribution in [3.8, 4) is 22.6 Å². The van der Waals surface area contributed by atoms with Gasteiger partial charge < -0.3 is 20.1 Å². The summed E-state index contributed by atoms with van der Waals surface area (Å²) in [6, 6.07) is 10.8. The number of likely N-dealkylation sites (tertiary alicyclic amines) is 1. The van der Waals surface area contributed by atoms with Crippen LogP contribution in [-0.2, 0) is 6.42 Å². The molecule has 1 spiro atoms. The Hall–Kier alpha value is -2.54. The van der Waals surface area contributed by atoms with E-state index in [0.29, 0.717) is 16.3 Å². The van der Waals surface area contributed by atoms with Gasteiger partial charge in [-0.25, -0.2) is 9.37 Å². The number of nitrogen functional groups attached to an aromatic ring is 1. The fourth-order valence-corrected chi connectivity index (χ4v) is 5.63. The summed E-state index contributed by atoms with van der Waals surface area (Å²) in [5.41, 5.74) is 9.48. The molecular formula is C27H28Cl2FN3O2. The van der Waals surface area contributed by atoms with Crippen LogP contribution < -0.4 is 15.2 Å². The topological polar surface area (TPSA) is 60.6 Å². The number of benzene rings is 2. The summed E-state index contributed by atoms with van der Waals surface area (Å²) in [6.07, 6.45) is 5.21. The normalized spacial score (nSPS) is 18.1. The molecule has 3 heterocycles. The predicted molar refractivity (Wildman–Crippen MR) is 138 cm³/mol. The van der Waals surface area contributed by atoms with Crippen LogP contribution >= 0.6 is 23.2 Å². The van der Waals surface area contributed by atoms with Gasteiger partial charge in [-0.2, -0.15) is 0 Å². The van der Waals surface area contributed by atoms with Crippen molar-refractivity contribution in [1.29, 1.82) is 0 Å². The largest absolute Gasteiger partial charge is 0.487 e.